The second-order valence-electron chi connectivity index (χ2n) is 3.76. The highest BCUT2D eigenvalue weighted by molar-refractivity contribution is 5.92. The van der Waals surface area contributed by atoms with Gasteiger partial charge in [-0.25, -0.2) is 0 Å². The molecule has 3 N–H and O–H groups in total. The Kier molecular flexibility index (Phi) is 8.54. The Morgan fingerprint density at radius 3 is 2.75 bits per heavy atom. The number of pyridine rings is 1. The lowest BCUT2D eigenvalue weighted by Crippen LogP contribution is -2.24. The summed E-state index contributed by atoms with van der Waals surface area (Å²) >= 11 is 0. The SMILES string of the molecule is Cl.Cl.NCCn1ccc(C(=O)NCc2ccccn2)n1. The molecule has 2 aromatic heterocycles. The standard InChI is InChI=1S/C12H15N5O.2ClH/c13-5-8-17-7-4-11(16-17)12(18)15-9-10-3-1-2-6-14-10;;/h1-4,6-7H,5,8-9,13H2,(H,15,18);2*1H. The summed E-state index contributed by atoms with van der Waals surface area (Å²) in [5, 5.41) is 6.88. The summed E-state index contributed by atoms with van der Waals surface area (Å²) < 4.78 is 1.65. The van der Waals surface area contributed by atoms with Crippen LogP contribution in [-0.4, -0.2) is 27.2 Å². The van der Waals surface area contributed by atoms with Gasteiger partial charge in [0.1, 0.15) is 5.69 Å². The molecule has 0 saturated carbocycles. The molecule has 0 bridgehead atoms. The third kappa shape index (κ3) is 5.16. The molecule has 0 atom stereocenters. The van der Waals surface area contributed by atoms with Crippen LogP contribution in [0, 0.1) is 0 Å². The Labute approximate surface area is 129 Å². The summed E-state index contributed by atoms with van der Waals surface area (Å²) in [4.78, 5) is 15.9. The number of aromatic nitrogens is 3. The highest BCUT2D eigenvalue weighted by Gasteiger charge is 2.08. The van der Waals surface area contributed by atoms with Crippen LogP contribution in [0.5, 0.6) is 0 Å². The van der Waals surface area contributed by atoms with Gasteiger partial charge in [0, 0.05) is 18.9 Å². The van der Waals surface area contributed by atoms with Gasteiger partial charge in [0.05, 0.1) is 18.8 Å². The molecule has 0 aliphatic heterocycles. The zero-order chi connectivity index (χ0) is 12.8. The minimum atomic E-state index is -0.212. The number of hydrogen-bond acceptors (Lipinski definition) is 4. The molecule has 0 aliphatic carbocycles. The lowest BCUT2D eigenvalue weighted by atomic mass is 10.3. The van der Waals surface area contributed by atoms with Crippen molar-refractivity contribution in [1.82, 2.24) is 20.1 Å². The van der Waals surface area contributed by atoms with Gasteiger partial charge in [-0.05, 0) is 18.2 Å². The molecule has 2 rings (SSSR count). The molecule has 2 heterocycles. The third-order valence-corrected chi connectivity index (χ3v) is 2.39. The minimum absolute atomic E-state index is 0. The van der Waals surface area contributed by atoms with Crippen molar-refractivity contribution in [3.8, 4) is 0 Å². The maximum atomic E-state index is 11.8. The molecular weight excluding hydrogens is 301 g/mol. The van der Waals surface area contributed by atoms with Crippen molar-refractivity contribution in [2.24, 2.45) is 5.73 Å². The average molecular weight is 318 g/mol. The molecule has 0 saturated heterocycles. The zero-order valence-electron chi connectivity index (χ0n) is 10.7. The smallest absolute Gasteiger partial charge is 0.272 e. The van der Waals surface area contributed by atoms with E-state index in [0.717, 1.165) is 5.69 Å². The first-order valence-corrected chi connectivity index (χ1v) is 5.71. The van der Waals surface area contributed by atoms with Crippen LogP contribution in [0.4, 0.5) is 0 Å². The number of amides is 1. The normalized spacial score (nSPS) is 9.25. The first kappa shape index (κ1) is 18.4. The number of nitrogens with one attached hydrogen (secondary N) is 1. The summed E-state index contributed by atoms with van der Waals surface area (Å²) in [6, 6.07) is 7.24. The Morgan fingerprint density at radius 1 is 1.30 bits per heavy atom. The van der Waals surface area contributed by atoms with E-state index in [1.807, 2.05) is 18.2 Å². The van der Waals surface area contributed by atoms with Gasteiger partial charge >= 0.3 is 0 Å². The van der Waals surface area contributed by atoms with Crippen LogP contribution in [0.2, 0.25) is 0 Å². The Hall–Kier alpha value is -1.63. The van der Waals surface area contributed by atoms with Crippen LogP contribution in [0.25, 0.3) is 0 Å². The lowest BCUT2D eigenvalue weighted by Gasteiger charge is -2.02. The van der Waals surface area contributed by atoms with Crippen molar-refractivity contribution in [2.75, 3.05) is 6.54 Å². The first-order chi connectivity index (χ1) is 8.79. The molecule has 8 heteroatoms. The highest BCUT2D eigenvalue weighted by Crippen LogP contribution is 1.97. The molecule has 2 aromatic rings. The molecule has 0 spiro atoms. The van der Waals surface area contributed by atoms with E-state index in [9.17, 15) is 4.79 Å². The van der Waals surface area contributed by atoms with E-state index >= 15 is 0 Å². The van der Waals surface area contributed by atoms with Gasteiger partial charge in [0.2, 0.25) is 0 Å². The van der Waals surface area contributed by atoms with Crippen LogP contribution >= 0.6 is 24.8 Å². The highest BCUT2D eigenvalue weighted by atomic mass is 35.5. The van der Waals surface area contributed by atoms with E-state index in [0.29, 0.717) is 25.3 Å². The van der Waals surface area contributed by atoms with Gasteiger partial charge in [-0.3, -0.25) is 14.5 Å². The van der Waals surface area contributed by atoms with Gasteiger partial charge in [0.15, 0.2) is 0 Å². The van der Waals surface area contributed by atoms with Gasteiger partial charge in [-0.15, -0.1) is 24.8 Å². The largest absolute Gasteiger partial charge is 0.345 e. The Morgan fingerprint density at radius 2 is 2.10 bits per heavy atom. The fourth-order valence-electron chi connectivity index (χ4n) is 1.50. The number of nitrogens with two attached hydrogens (primary N) is 1. The van der Waals surface area contributed by atoms with E-state index in [1.165, 1.54) is 0 Å². The predicted molar refractivity (Wildman–Crippen MR) is 81.2 cm³/mol. The van der Waals surface area contributed by atoms with Crippen LogP contribution < -0.4 is 11.1 Å². The van der Waals surface area contributed by atoms with Crippen LogP contribution in [0.1, 0.15) is 16.2 Å². The molecule has 0 radical (unpaired) electrons. The van der Waals surface area contributed by atoms with Crippen molar-refractivity contribution < 1.29 is 4.79 Å². The molecule has 0 unspecified atom stereocenters. The molecule has 110 valence electrons. The van der Waals surface area contributed by atoms with Gasteiger partial charge in [-0.2, -0.15) is 5.10 Å². The first-order valence-electron chi connectivity index (χ1n) is 5.71. The van der Waals surface area contributed by atoms with Crippen molar-refractivity contribution in [3.63, 3.8) is 0 Å². The third-order valence-electron chi connectivity index (χ3n) is 2.39. The number of carbonyl (C=O) groups is 1. The van der Waals surface area contributed by atoms with Crippen molar-refractivity contribution in [1.29, 1.82) is 0 Å². The number of hydrogen-bond donors (Lipinski definition) is 2. The average Bonchev–Trinajstić information content (AvgIpc) is 2.86. The number of nitrogens with zero attached hydrogens (tertiary/aromatic N) is 3. The van der Waals surface area contributed by atoms with E-state index in [2.05, 4.69) is 15.4 Å². The van der Waals surface area contributed by atoms with Crippen molar-refractivity contribution in [2.45, 2.75) is 13.1 Å². The molecule has 0 fully saturated rings. The fraction of sp³-hybridized carbons (Fsp3) is 0.250. The Bertz CT molecular complexity index is 518. The maximum Gasteiger partial charge on any atom is 0.272 e. The van der Waals surface area contributed by atoms with Crippen LogP contribution in [-0.2, 0) is 13.1 Å². The van der Waals surface area contributed by atoms with Crippen LogP contribution in [0.3, 0.4) is 0 Å². The van der Waals surface area contributed by atoms with Gasteiger partial charge in [-0.1, -0.05) is 6.07 Å². The van der Waals surface area contributed by atoms with Gasteiger partial charge in [0.25, 0.3) is 5.91 Å². The molecule has 0 aliphatic rings. The summed E-state index contributed by atoms with van der Waals surface area (Å²) in [5.74, 6) is -0.212. The summed E-state index contributed by atoms with van der Waals surface area (Å²) in [7, 11) is 0. The van der Waals surface area contributed by atoms with Crippen molar-refractivity contribution >= 4 is 30.7 Å². The van der Waals surface area contributed by atoms with E-state index in [1.54, 1.807) is 23.1 Å². The number of carbonyl (C=O) groups excluding carboxylic acids is 1. The second-order valence-corrected chi connectivity index (χ2v) is 3.76. The Balaban J connectivity index is 0.00000180. The summed E-state index contributed by atoms with van der Waals surface area (Å²) in [5.41, 5.74) is 6.61. The summed E-state index contributed by atoms with van der Waals surface area (Å²) in [6.07, 6.45) is 3.43. The maximum absolute atomic E-state index is 11.8. The van der Waals surface area contributed by atoms with E-state index < -0.39 is 0 Å². The topological polar surface area (TPSA) is 85.8 Å². The molecule has 0 aromatic carbocycles. The monoisotopic (exact) mass is 317 g/mol. The predicted octanol–water partition coefficient (Wildman–Crippen LogP) is 1.01. The summed E-state index contributed by atoms with van der Waals surface area (Å²) in [6.45, 7) is 1.49. The van der Waals surface area contributed by atoms with Crippen LogP contribution in [0.15, 0.2) is 36.7 Å². The zero-order valence-corrected chi connectivity index (χ0v) is 12.4. The second kappa shape index (κ2) is 9.30. The molecule has 1 amide bonds. The minimum Gasteiger partial charge on any atom is -0.345 e. The van der Waals surface area contributed by atoms with Gasteiger partial charge < -0.3 is 11.1 Å². The van der Waals surface area contributed by atoms with Crippen molar-refractivity contribution in [3.05, 3.63) is 48.0 Å². The lowest BCUT2D eigenvalue weighted by molar-refractivity contribution is 0.0944. The number of halogens is 2. The fourth-order valence-corrected chi connectivity index (χ4v) is 1.50. The quantitative estimate of drug-likeness (QED) is 0.861. The van der Waals surface area contributed by atoms with E-state index in [-0.39, 0.29) is 30.7 Å². The molecule has 6 nitrogen and oxygen atoms in total. The van der Waals surface area contributed by atoms with E-state index in [4.69, 9.17) is 5.73 Å². The molecule has 20 heavy (non-hydrogen) atoms. The number of rotatable bonds is 5. The molecular formula is C12H17Cl2N5O.